The van der Waals surface area contributed by atoms with Crippen molar-refractivity contribution >= 4 is 14.0 Å². The van der Waals surface area contributed by atoms with E-state index in [0.717, 1.165) is 12.8 Å². The lowest BCUT2D eigenvalue weighted by Crippen LogP contribution is -2.43. The molecule has 0 spiro atoms. The summed E-state index contributed by atoms with van der Waals surface area (Å²) < 4.78 is 0. The second kappa shape index (κ2) is 8.77. The van der Waals surface area contributed by atoms with E-state index in [9.17, 15) is 9.90 Å². The fraction of sp³-hybridized carbons (Fsp3) is 0.842. The van der Waals surface area contributed by atoms with Crippen LogP contribution >= 0.6 is 0 Å². The summed E-state index contributed by atoms with van der Waals surface area (Å²) in [4.78, 5) is 11.6. The van der Waals surface area contributed by atoms with Crippen molar-refractivity contribution in [3.63, 3.8) is 0 Å². The van der Waals surface area contributed by atoms with Crippen LogP contribution in [-0.4, -0.2) is 19.1 Å². The maximum absolute atomic E-state index is 11.6. The van der Waals surface area contributed by atoms with E-state index in [1.54, 1.807) is 0 Å². The van der Waals surface area contributed by atoms with E-state index in [1.807, 2.05) is 6.92 Å². The molecular formula is C19H36O2Si. The lowest BCUT2D eigenvalue weighted by molar-refractivity contribution is -0.148. The van der Waals surface area contributed by atoms with Crippen LogP contribution < -0.4 is 0 Å². The fourth-order valence-electron chi connectivity index (χ4n) is 3.66. The molecule has 0 aliphatic rings. The molecule has 0 radical (unpaired) electrons. The Balaban J connectivity index is 5.42. The van der Waals surface area contributed by atoms with Crippen LogP contribution in [0.4, 0.5) is 0 Å². The third-order valence-corrected chi connectivity index (χ3v) is 11.6. The highest BCUT2D eigenvalue weighted by Crippen LogP contribution is 2.41. The molecule has 0 heterocycles. The topological polar surface area (TPSA) is 37.3 Å². The molecule has 0 aromatic carbocycles. The van der Waals surface area contributed by atoms with Gasteiger partial charge < -0.3 is 5.11 Å². The van der Waals surface area contributed by atoms with E-state index < -0.39 is 19.5 Å². The smallest absolute Gasteiger partial charge is 0.310 e. The van der Waals surface area contributed by atoms with Gasteiger partial charge in [0.2, 0.25) is 0 Å². The summed E-state index contributed by atoms with van der Waals surface area (Å²) in [6, 6.07) is 0. The molecule has 1 atom stereocenters. The third kappa shape index (κ3) is 4.88. The summed E-state index contributed by atoms with van der Waals surface area (Å²) in [5.41, 5.74) is 4.71. The first-order valence-corrected chi connectivity index (χ1v) is 11.0. The van der Waals surface area contributed by atoms with Crippen molar-refractivity contribution in [1.29, 1.82) is 0 Å². The number of rotatable bonds is 8. The molecular weight excluding hydrogens is 288 g/mol. The van der Waals surface area contributed by atoms with Gasteiger partial charge >= 0.3 is 5.97 Å². The molecule has 22 heavy (non-hydrogen) atoms. The van der Waals surface area contributed by atoms with E-state index in [2.05, 4.69) is 59.9 Å². The molecule has 1 N–H and O–H groups in total. The van der Waals surface area contributed by atoms with Crippen molar-refractivity contribution in [3.05, 3.63) is 0 Å². The Morgan fingerprint density at radius 3 is 1.86 bits per heavy atom. The highest BCUT2D eigenvalue weighted by atomic mass is 28.3. The van der Waals surface area contributed by atoms with Crippen molar-refractivity contribution in [2.75, 3.05) is 0 Å². The normalized spacial score (nSPS) is 14.9. The SMILES string of the molecule is CCCCC(C)(CC#C[Si](C(C)C)(C(C)C)C(C)C)C(=O)O. The van der Waals surface area contributed by atoms with Crippen LogP contribution in [0.15, 0.2) is 0 Å². The van der Waals surface area contributed by atoms with Crippen molar-refractivity contribution in [2.24, 2.45) is 5.41 Å². The van der Waals surface area contributed by atoms with Crippen molar-refractivity contribution in [1.82, 2.24) is 0 Å². The van der Waals surface area contributed by atoms with Gasteiger partial charge in [-0.25, -0.2) is 0 Å². The van der Waals surface area contributed by atoms with Crippen molar-refractivity contribution < 1.29 is 9.90 Å². The largest absolute Gasteiger partial charge is 0.481 e. The molecule has 0 saturated carbocycles. The Labute approximate surface area is 139 Å². The van der Waals surface area contributed by atoms with Crippen LogP contribution in [-0.2, 0) is 4.79 Å². The highest BCUT2D eigenvalue weighted by molar-refractivity contribution is 6.90. The molecule has 0 fully saturated rings. The third-order valence-electron chi connectivity index (χ3n) is 5.25. The molecule has 0 bridgehead atoms. The number of unbranched alkanes of at least 4 members (excludes halogenated alkanes) is 1. The zero-order valence-electron chi connectivity index (χ0n) is 15.9. The van der Waals surface area contributed by atoms with Gasteiger partial charge in [0.1, 0.15) is 8.07 Å². The number of hydrogen-bond acceptors (Lipinski definition) is 1. The first-order valence-electron chi connectivity index (χ1n) is 8.78. The van der Waals surface area contributed by atoms with Gasteiger partial charge in [0, 0.05) is 6.42 Å². The number of hydrogen-bond donors (Lipinski definition) is 1. The minimum absolute atomic E-state index is 0.475. The van der Waals surface area contributed by atoms with Gasteiger partial charge in [0.25, 0.3) is 0 Å². The Morgan fingerprint density at radius 2 is 1.55 bits per heavy atom. The van der Waals surface area contributed by atoms with Gasteiger partial charge in [-0.3, -0.25) is 4.79 Å². The average molecular weight is 325 g/mol. The number of aliphatic carboxylic acids is 1. The summed E-state index contributed by atoms with van der Waals surface area (Å²) in [5, 5.41) is 9.56. The summed E-state index contributed by atoms with van der Waals surface area (Å²) in [6.07, 6.45) is 3.17. The molecule has 0 aliphatic carbocycles. The molecule has 0 saturated heterocycles. The predicted molar refractivity (Wildman–Crippen MR) is 98.7 cm³/mol. The molecule has 0 aromatic heterocycles. The fourth-order valence-corrected chi connectivity index (χ4v) is 8.92. The summed E-state index contributed by atoms with van der Waals surface area (Å²) in [5.74, 6) is 2.62. The van der Waals surface area contributed by atoms with Gasteiger partial charge in [0.05, 0.1) is 5.41 Å². The number of carbonyl (C=O) groups is 1. The first kappa shape index (κ1) is 21.2. The minimum atomic E-state index is -1.75. The zero-order chi connectivity index (χ0) is 17.6. The highest BCUT2D eigenvalue weighted by Gasteiger charge is 2.42. The standard InChI is InChI=1S/C19H36O2Si/c1-9-10-12-19(8,18(20)21)13-11-14-22(15(2)3,16(4)5)17(6)7/h15-17H,9-10,12-13H2,1-8H3,(H,20,21). The second-order valence-electron chi connectivity index (χ2n) is 7.85. The van der Waals surface area contributed by atoms with Crippen molar-refractivity contribution in [3.8, 4) is 11.5 Å². The molecule has 0 aromatic rings. The van der Waals surface area contributed by atoms with E-state index in [-0.39, 0.29) is 0 Å². The van der Waals surface area contributed by atoms with Gasteiger partial charge in [-0.1, -0.05) is 61.3 Å². The molecule has 0 amide bonds. The second-order valence-corrected chi connectivity index (χ2v) is 13.4. The minimum Gasteiger partial charge on any atom is -0.481 e. The molecule has 1 unspecified atom stereocenters. The van der Waals surface area contributed by atoms with Crippen LogP contribution in [0.1, 0.15) is 81.1 Å². The van der Waals surface area contributed by atoms with Crippen LogP contribution in [0.25, 0.3) is 0 Å². The zero-order valence-corrected chi connectivity index (χ0v) is 16.9. The Kier molecular flexibility index (Phi) is 8.47. The van der Waals surface area contributed by atoms with E-state index in [1.165, 1.54) is 0 Å². The quantitative estimate of drug-likeness (QED) is 0.447. The Bertz CT molecular complexity index is 393. The van der Waals surface area contributed by atoms with Crippen LogP contribution in [0, 0.1) is 16.9 Å². The van der Waals surface area contributed by atoms with Gasteiger partial charge in [0.15, 0.2) is 0 Å². The van der Waals surface area contributed by atoms with Crippen LogP contribution in [0.3, 0.4) is 0 Å². The summed E-state index contributed by atoms with van der Waals surface area (Å²) in [7, 11) is -1.75. The van der Waals surface area contributed by atoms with Gasteiger partial charge in [-0.2, -0.15) is 0 Å². The molecule has 0 rings (SSSR count). The lowest BCUT2D eigenvalue weighted by atomic mass is 9.82. The van der Waals surface area contributed by atoms with E-state index >= 15 is 0 Å². The monoisotopic (exact) mass is 324 g/mol. The molecule has 128 valence electrons. The first-order chi connectivity index (χ1) is 10.0. The van der Waals surface area contributed by atoms with E-state index in [4.69, 9.17) is 0 Å². The number of carboxylic acids is 1. The van der Waals surface area contributed by atoms with Crippen LogP contribution in [0.5, 0.6) is 0 Å². The summed E-state index contributed by atoms with van der Waals surface area (Å²) >= 11 is 0. The maximum atomic E-state index is 11.6. The number of carboxylic acid groups (broad SMARTS) is 1. The summed E-state index contributed by atoms with van der Waals surface area (Å²) in [6.45, 7) is 17.7. The van der Waals surface area contributed by atoms with Gasteiger partial charge in [-0.05, 0) is 30.0 Å². The molecule has 2 nitrogen and oxygen atoms in total. The van der Waals surface area contributed by atoms with Crippen molar-refractivity contribution in [2.45, 2.75) is 97.7 Å². The maximum Gasteiger partial charge on any atom is 0.310 e. The predicted octanol–water partition coefficient (Wildman–Crippen LogP) is 5.88. The molecule has 0 aliphatic heterocycles. The Hall–Kier alpha value is -0.753. The van der Waals surface area contributed by atoms with Crippen LogP contribution in [0.2, 0.25) is 16.6 Å². The molecule has 3 heteroatoms. The lowest BCUT2D eigenvalue weighted by Gasteiger charge is -2.38. The van der Waals surface area contributed by atoms with Gasteiger partial charge in [-0.15, -0.1) is 11.5 Å². The Morgan fingerprint density at radius 1 is 1.09 bits per heavy atom. The van der Waals surface area contributed by atoms with E-state index in [0.29, 0.717) is 29.5 Å². The average Bonchev–Trinajstić information content (AvgIpc) is 2.39.